The first-order valence-corrected chi connectivity index (χ1v) is 15.8. The van der Waals surface area contributed by atoms with Crippen LogP contribution in [0, 0.1) is 0 Å². The average molecular weight is 631 g/mol. The van der Waals surface area contributed by atoms with Gasteiger partial charge in [-0.1, -0.05) is 30.3 Å². The number of nitrogens with zero attached hydrogens (tertiary/aromatic N) is 7. The van der Waals surface area contributed by atoms with Crippen molar-refractivity contribution in [2.75, 3.05) is 0 Å². The molecule has 8 heteroatoms. The Kier molecular flexibility index (Phi) is 6.76. The molecule has 0 saturated carbocycles. The number of hydrogen-bond donors (Lipinski definition) is 1. The van der Waals surface area contributed by atoms with Crippen LogP contribution in [0.15, 0.2) is 195 Å². The van der Waals surface area contributed by atoms with Gasteiger partial charge >= 0.3 is 0 Å². The highest BCUT2D eigenvalue weighted by Crippen LogP contribution is 2.39. The van der Waals surface area contributed by atoms with Crippen LogP contribution in [0.3, 0.4) is 0 Å². The lowest BCUT2D eigenvalue weighted by atomic mass is 9.97. The van der Waals surface area contributed by atoms with Crippen LogP contribution in [0.4, 0.5) is 0 Å². The molecule has 5 aliphatic rings. The largest absolute Gasteiger partial charge is 0.395 e. The number of fused-ring (bicyclic) bond motifs is 4. The molecular weight excluding hydrogens is 605 g/mol. The van der Waals surface area contributed by atoms with Crippen molar-refractivity contribution in [2.45, 2.75) is 0 Å². The van der Waals surface area contributed by atoms with E-state index in [4.69, 9.17) is 25.7 Å². The molecule has 0 saturated heterocycles. The minimum atomic E-state index is 0.479. The summed E-state index contributed by atoms with van der Waals surface area (Å²) in [5.74, 6) is 0. The standard InChI is InChI=1S/C41H26N8/c42-40-35-11-10-33(48-35)38(27-14-20-44-21-15-27)32-7-6-30(46-32)37(26-12-18-43-19-13-26)31-8-9-34(47-31)39(28-16-22-45-23-17-28)36-24-29(41(40)49-36)25-4-2-1-3-5-25/h1-24H,42H2. The van der Waals surface area contributed by atoms with Crippen molar-refractivity contribution in [1.29, 1.82) is 0 Å². The molecule has 230 valence electrons. The Morgan fingerprint density at radius 2 is 0.816 bits per heavy atom. The normalized spacial score (nSPS) is 17.9. The number of pyridine rings is 3. The Hall–Kier alpha value is -6.93. The maximum absolute atomic E-state index is 7.03. The lowest BCUT2D eigenvalue weighted by molar-refractivity contribution is 1.30. The summed E-state index contributed by atoms with van der Waals surface area (Å²) in [5.41, 5.74) is 20.8. The van der Waals surface area contributed by atoms with Crippen LogP contribution >= 0.6 is 0 Å². The molecule has 0 amide bonds. The molecule has 0 aliphatic carbocycles. The van der Waals surface area contributed by atoms with E-state index in [1.165, 1.54) is 0 Å². The summed E-state index contributed by atoms with van der Waals surface area (Å²) in [5, 5.41) is 0. The molecule has 2 N–H and O–H groups in total. The minimum absolute atomic E-state index is 0.479. The van der Waals surface area contributed by atoms with Crippen LogP contribution < -0.4 is 5.73 Å². The van der Waals surface area contributed by atoms with Gasteiger partial charge in [-0.2, -0.15) is 0 Å². The van der Waals surface area contributed by atoms with Gasteiger partial charge < -0.3 is 5.73 Å². The van der Waals surface area contributed by atoms with Gasteiger partial charge in [-0.15, -0.1) is 0 Å². The number of aliphatic imine (C=N–C) groups is 4. The molecule has 8 nitrogen and oxygen atoms in total. The second kappa shape index (κ2) is 11.7. The molecule has 8 heterocycles. The topological polar surface area (TPSA) is 114 Å². The zero-order valence-corrected chi connectivity index (χ0v) is 26.1. The van der Waals surface area contributed by atoms with Crippen molar-refractivity contribution in [2.24, 2.45) is 25.7 Å². The third kappa shape index (κ3) is 4.99. The highest BCUT2D eigenvalue weighted by Gasteiger charge is 2.29. The van der Waals surface area contributed by atoms with Crippen molar-refractivity contribution >= 4 is 45.1 Å². The van der Waals surface area contributed by atoms with Crippen molar-refractivity contribution in [3.05, 3.63) is 197 Å². The molecular formula is C41H26N8. The summed E-state index contributed by atoms with van der Waals surface area (Å²) in [6.45, 7) is 0. The van der Waals surface area contributed by atoms with E-state index in [0.717, 1.165) is 78.8 Å². The first-order valence-electron chi connectivity index (χ1n) is 15.8. The van der Waals surface area contributed by atoms with Gasteiger partial charge in [0.2, 0.25) is 0 Å². The van der Waals surface area contributed by atoms with E-state index in [2.05, 4.69) is 33.2 Å². The Labute approximate surface area is 282 Å². The summed E-state index contributed by atoms with van der Waals surface area (Å²) in [4.78, 5) is 33.7. The first-order chi connectivity index (χ1) is 24.2. The van der Waals surface area contributed by atoms with Crippen LogP contribution in [0.2, 0.25) is 0 Å². The molecule has 8 bridgehead atoms. The van der Waals surface area contributed by atoms with Crippen molar-refractivity contribution < 1.29 is 0 Å². The van der Waals surface area contributed by atoms with Crippen molar-refractivity contribution in [3.63, 3.8) is 0 Å². The van der Waals surface area contributed by atoms with E-state index in [1.807, 2.05) is 91.1 Å². The van der Waals surface area contributed by atoms with Crippen LogP contribution in [0.5, 0.6) is 0 Å². The van der Waals surface area contributed by atoms with Crippen LogP contribution in [-0.4, -0.2) is 37.8 Å². The second-order valence-electron chi connectivity index (χ2n) is 11.7. The lowest BCUT2D eigenvalue weighted by Gasteiger charge is -2.11. The lowest BCUT2D eigenvalue weighted by Crippen LogP contribution is -2.11. The van der Waals surface area contributed by atoms with Crippen LogP contribution in [0.25, 0.3) is 22.3 Å². The number of nitrogens with two attached hydrogens (primary N) is 1. The molecule has 4 aromatic rings. The van der Waals surface area contributed by atoms with Crippen LogP contribution in [0.1, 0.15) is 22.3 Å². The van der Waals surface area contributed by atoms with Gasteiger partial charge in [0.15, 0.2) is 0 Å². The van der Waals surface area contributed by atoms with Gasteiger partial charge in [-0.05, 0) is 101 Å². The third-order valence-electron chi connectivity index (χ3n) is 8.75. The molecule has 0 fully saturated rings. The van der Waals surface area contributed by atoms with Gasteiger partial charge in [0, 0.05) is 59.5 Å². The van der Waals surface area contributed by atoms with E-state index >= 15 is 0 Å². The summed E-state index contributed by atoms with van der Waals surface area (Å²) < 4.78 is 0. The SMILES string of the molecule is NC1=C2N=C(C=C2c2ccccc2)C(c2ccncc2)=C2C=CC(=N2)C(c2ccncc2)=C2C=CC(=N2)C(c2ccncc2)=C2C=CC1=N2. The van der Waals surface area contributed by atoms with Crippen LogP contribution in [-0.2, 0) is 0 Å². The van der Waals surface area contributed by atoms with Gasteiger partial charge in [0.05, 0.1) is 51.3 Å². The van der Waals surface area contributed by atoms with E-state index in [0.29, 0.717) is 17.1 Å². The molecule has 3 aromatic heterocycles. The van der Waals surface area contributed by atoms with E-state index < -0.39 is 0 Å². The van der Waals surface area contributed by atoms with E-state index in [9.17, 15) is 0 Å². The number of allylic oxidation sites excluding steroid dienone is 11. The molecule has 1 aromatic carbocycles. The fourth-order valence-corrected chi connectivity index (χ4v) is 6.48. The summed E-state index contributed by atoms with van der Waals surface area (Å²) >= 11 is 0. The van der Waals surface area contributed by atoms with Gasteiger partial charge in [-0.25, -0.2) is 20.0 Å². The Morgan fingerprint density at radius 1 is 0.388 bits per heavy atom. The summed E-state index contributed by atoms with van der Waals surface area (Å²) in [7, 11) is 0. The number of benzene rings is 1. The predicted molar refractivity (Wildman–Crippen MR) is 196 cm³/mol. The maximum Gasteiger partial charge on any atom is 0.0967 e. The second-order valence-corrected chi connectivity index (χ2v) is 11.7. The zero-order valence-electron chi connectivity index (χ0n) is 26.1. The van der Waals surface area contributed by atoms with Gasteiger partial charge in [0.25, 0.3) is 0 Å². The molecule has 0 spiro atoms. The highest BCUT2D eigenvalue weighted by atomic mass is 14.9. The first kappa shape index (κ1) is 28.3. The quantitative estimate of drug-likeness (QED) is 0.258. The maximum atomic E-state index is 7.03. The minimum Gasteiger partial charge on any atom is -0.395 e. The van der Waals surface area contributed by atoms with Gasteiger partial charge in [-0.3, -0.25) is 15.0 Å². The van der Waals surface area contributed by atoms with E-state index in [-0.39, 0.29) is 0 Å². The highest BCUT2D eigenvalue weighted by molar-refractivity contribution is 6.39. The Morgan fingerprint density at radius 3 is 1.31 bits per heavy atom. The number of rotatable bonds is 4. The Balaban J connectivity index is 1.38. The predicted octanol–water partition coefficient (Wildman–Crippen LogP) is 7.16. The number of aromatic nitrogens is 3. The van der Waals surface area contributed by atoms with Crippen molar-refractivity contribution in [3.8, 4) is 0 Å². The molecule has 0 unspecified atom stereocenters. The molecule has 5 aliphatic heterocycles. The smallest absolute Gasteiger partial charge is 0.0967 e. The zero-order chi connectivity index (χ0) is 32.7. The molecule has 9 rings (SSSR count). The summed E-state index contributed by atoms with van der Waals surface area (Å²) in [6, 6.07) is 22.0. The average Bonchev–Trinajstić information content (AvgIpc) is 3.99. The fraction of sp³-hybridized carbons (Fsp3) is 0. The fourth-order valence-electron chi connectivity index (χ4n) is 6.48. The third-order valence-corrected chi connectivity index (χ3v) is 8.75. The molecule has 0 atom stereocenters. The van der Waals surface area contributed by atoms with Gasteiger partial charge in [0.1, 0.15) is 0 Å². The number of hydrogen-bond acceptors (Lipinski definition) is 8. The summed E-state index contributed by atoms with van der Waals surface area (Å²) in [6.07, 6.45) is 24.9. The van der Waals surface area contributed by atoms with Crippen molar-refractivity contribution in [1.82, 2.24) is 15.0 Å². The Bertz CT molecular complexity index is 2430. The monoisotopic (exact) mass is 630 g/mol. The van der Waals surface area contributed by atoms with E-state index in [1.54, 1.807) is 37.2 Å². The molecule has 0 radical (unpaired) electrons. The molecule has 49 heavy (non-hydrogen) atoms.